The van der Waals surface area contributed by atoms with Crippen molar-refractivity contribution in [3.8, 4) is 0 Å². The maximum atomic E-state index is 6.46. The fraction of sp³-hybridized carbons (Fsp3) is 0.311. The zero-order valence-electron chi connectivity index (χ0n) is 30.5. The average Bonchev–Trinajstić information content (AvgIpc) is 3.72. The molecule has 6 aromatic rings. The second-order valence-corrected chi connectivity index (χ2v) is 26.8. The molecule has 0 amide bonds. The van der Waals surface area contributed by atoms with E-state index in [1.807, 2.05) is 30.3 Å². The zero-order valence-corrected chi connectivity index (χ0v) is 35.6. The Labute approximate surface area is 305 Å². The van der Waals surface area contributed by atoms with Gasteiger partial charge in [-0.1, -0.05) is 76.9 Å². The van der Waals surface area contributed by atoms with E-state index in [2.05, 4.69) is 160 Å². The molecule has 0 aromatic heterocycles. The van der Waals surface area contributed by atoms with E-state index in [-0.39, 0.29) is 10.8 Å². The molecule has 0 fully saturated rings. The van der Waals surface area contributed by atoms with Crippen molar-refractivity contribution in [3.63, 3.8) is 0 Å². The Morgan fingerprint density at radius 1 is 0.562 bits per heavy atom. The maximum absolute atomic E-state index is 6.46. The smallest absolute Gasteiger partial charge is 0.172 e. The van der Waals surface area contributed by atoms with E-state index in [0.29, 0.717) is 11.8 Å². The molecule has 6 aromatic carbocycles. The molecular weight excluding hydrogens is 790 g/mol. The Balaban J connectivity index is 0.000000189. The molecule has 6 rings (SSSR count). The first kappa shape index (κ1) is 38.2. The Bertz CT molecular complexity index is 1780. The number of rotatable bonds is 4. The molecule has 0 atom stereocenters. The summed E-state index contributed by atoms with van der Waals surface area (Å²) in [7, 11) is 12.9. The van der Waals surface area contributed by atoms with Crippen molar-refractivity contribution in [1.29, 1.82) is 0 Å². The molecule has 0 aliphatic heterocycles. The van der Waals surface area contributed by atoms with Gasteiger partial charge in [0.15, 0.2) is 0 Å². The van der Waals surface area contributed by atoms with Crippen LogP contribution < -0.4 is 0 Å². The first-order valence-corrected chi connectivity index (χ1v) is 27.8. The van der Waals surface area contributed by atoms with Gasteiger partial charge in [-0.2, -0.15) is 18.2 Å². The van der Waals surface area contributed by atoms with E-state index < -0.39 is 18.6 Å². The van der Waals surface area contributed by atoms with Crippen molar-refractivity contribution >= 4 is 42.0 Å². The van der Waals surface area contributed by atoms with Crippen LogP contribution in [0.3, 0.4) is 0 Å². The summed E-state index contributed by atoms with van der Waals surface area (Å²) in [5, 5.41) is 5.48. The van der Waals surface area contributed by atoms with Crippen molar-refractivity contribution < 1.29 is 18.6 Å². The van der Waals surface area contributed by atoms with Gasteiger partial charge in [0.2, 0.25) is 0 Å². The SMILES string of the molecule is CC(C)(C)c1ccc2c(c1)[cH-]c1cc(C(C)(C)C)ccc12.CC(C)c1ccc([C](c2ccc(C(C)C)cc2)=[Hf]([Cl])[Cl])cc1.c1cc[cH-]c1. The summed E-state index contributed by atoms with van der Waals surface area (Å²) in [6.45, 7) is 22.4. The molecule has 48 heavy (non-hydrogen) atoms. The summed E-state index contributed by atoms with van der Waals surface area (Å²) in [5.41, 5.74) is 8.25. The zero-order chi connectivity index (χ0) is 35.2. The standard InChI is InChI=1S/C21H25.C19H22.C5H5.2ClH.Hf/c1-20(2,3)16-7-9-18-14(12-16)11-15-13-17(21(4,5)6)8-10-19(15)18;1-14(2)18-9-5-16(6-10-18)13-17-7-11-19(12-8-17)15(3)4;1-2-4-5-3-1;;;/h7-13H,1-6H3;5-12,14-15H,1-4H3;1-5H;2*1H;/q-1;;-1;;;+2/p-2. The van der Waals surface area contributed by atoms with Gasteiger partial charge in [-0.3, -0.25) is 0 Å². The molecule has 0 aliphatic rings. The van der Waals surface area contributed by atoms with E-state index >= 15 is 0 Å². The fourth-order valence-corrected chi connectivity index (χ4v) is 12.1. The predicted octanol–water partition coefficient (Wildman–Crippen LogP) is 14.1. The second kappa shape index (κ2) is 16.4. The van der Waals surface area contributed by atoms with E-state index in [0.717, 1.165) is 0 Å². The van der Waals surface area contributed by atoms with Gasteiger partial charge >= 0.3 is 149 Å². The summed E-state index contributed by atoms with van der Waals surface area (Å²) >= 11 is -2.71. The van der Waals surface area contributed by atoms with Gasteiger partial charge in [0.25, 0.3) is 0 Å². The van der Waals surface area contributed by atoms with Crippen LogP contribution in [-0.4, -0.2) is 3.26 Å². The topological polar surface area (TPSA) is 0 Å². The monoisotopic (exact) mass is 842 g/mol. The summed E-state index contributed by atoms with van der Waals surface area (Å²) < 4.78 is 1.18. The van der Waals surface area contributed by atoms with Gasteiger partial charge in [0.05, 0.1) is 0 Å². The first-order valence-electron chi connectivity index (χ1n) is 17.1. The first-order chi connectivity index (χ1) is 22.6. The Hall–Kier alpha value is -2.58. The summed E-state index contributed by atoms with van der Waals surface area (Å²) in [6.07, 6.45) is 0. The molecule has 0 nitrogen and oxygen atoms in total. The number of benzene rings is 4. The van der Waals surface area contributed by atoms with Crippen LogP contribution in [0.2, 0.25) is 0 Å². The van der Waals surface area contributed by atoms with Crippen LogP contribution in [0.5, 0.6) is 0 Å². The van der Waals surface area contributed by atoms with Gasteiger partial charge in [-0.05, 0) is 10.8 Å². The van der Waals surface area contributed by atoms with Crippen LogP contribution in [0.15, 0.2) is 121 Å². The molecule has 0 heterocycles. The van der Waals surface area contributed by atoms with E-state index in [4.69, 9.17) is 17.2 Å². The third-order valence-electron chi connectivity index (χ3n) is 8.91. The molecule has 0 bridgehead atoms. The average molecular weight is 842 g/mol. The van der Waals surface area contributed by atoms with Gasteiger partial charge in [0.1, 0.15) is 0 Å². The number of halogens is 2. The molecule has 0 N–H and O–H groups in total. The number of hydrogen-bond acceptors (Lipinski definition) is 0. The molecule has 252 valence electrons. The maximum Gasteiger partial charge on any atom is -0.172 e. The van der Waals surface area contributed by atoms with Crippen molar-refractivity contribution in [2.75, 3.05) is 0 Å². The van der Waals surface area contributed by atoms with Gasteiger partial charge in [-0.25, -0.2) is 12.1 Å². The Kier molecular flexibility index (Phi) is 13.1. The van der Waals surface area contributed by atoms with Crippen molar-refractivity contribution in [1.82, 2.24) is 0 Å². The molecule has 0 radical (unpaired) electrons. The van der Waals surface area contributed by atoms with E-state index in [1.165, 1.54) is 58.2 Å². The Morgan fingerprint density at radius 2 is 0.938 bits per heavy atom. The molecule has 0 spiro atoms. The largest absolute Gasteiger partial charge is 0.214 e. The summed E-state index contributed by atoms with van der Waals surface area (Å²) in [4.78, 5) is 0. The molecule has 0 unspecified atom stereocenters. The third-order valence-corrected chi connectivity index (χ3v) is 15.4. The van der Waals surface area contributed by atoms with Gasteiger partial charge < -0.3 is 0 Å². The molecule has 3 heteroatoms. The molecular formula is C45H52Cl2Hf-2. The van der Waals surface area contributed by atoms with Crippen LogP contribution in [-0.2, 0) is 29.4 Å². The normalized spacial score (nSPS) is 11.7. The minimum Gasteiger partial charge on any atom is -0.214 e. The third kappa shape index (κ3) is 9.99. The van der Waals surface area contributed by atoms with E-state index in [1.54, 1.807) is 0 Å². The second-order valence-electron chi connectivity index (χ2n) is 15.4. The van der Waals surface area contributed by atoms with Crippen LogP contribution in [0.4, 0.5) is 0 Å². The van der Waals surface area contributed by atoms with Crippen LogP contribution in [0.25, 0.3) is 21.5 Å². The van der Waals surface area contributed by atoms with E-state index in [9.17, 15) is 0 Å². The van der Waals surface area contributed by atoms with Crippen molar-refractivity contribution in [3.05, 3.63) is 155 Å². The van der Waals surface area contributed by atoms with Crippen molar-refractivity contribution in [2.24, 2.45) is 0 Å². The van der Waals surface area contributed by atoms with Crippen LogP contribution in [0.1, 0.15) is 114 Å². The van der Waals surface area contributed by atoms with Gasteiger partial charge in [0, 0.05) is 0 Å². The minimum absolute atomic E-state index is 0.203. The predicted molar refractivity (Wildman–Crippen MR) is 212 cm³/mol. The fourth-order valence-electron chi connectivity index (χ4n) is 5.73. The minimum atomic E-state index is -2.71. The number of fused-ring (bicyclic) bond motifs is 3. The Morgan fingerprint density at radius 3 is 1.21 bits per heavy atom. The van der Waals surface area contributed by atoms with Crippen LogP contribution >= 0.6 is 17.2 Å². The quantitative estimate of drug-likeness (QED) is 0.123. The summed E-state index contributed by atoms with van der Waals surface area (Å²) in [5.74, 6) is 1.07. The van der Waals surface area contributed by atoms with Crippen LogP contribution in [0, 0.1) is 0 Å². The van der Waals surface area contributed by atoms with Gasteiger partial charge in [-0.15, -0.1) is 39.7 Å². The molecule has 0 saturated carbocycles. The van der Waals surface area contributed by atoms with Crippen molar-refractivity contribution in [2.45, 2.75) is 91.9 Å². The summed E-state index contributed by atoms with van der Waals surface area (Å²) in [6, 6.07) is 43.6. The number of hydrogen-bond donors (Lipinski definition) is 0. The molecule has 0 saturated heterocycles. The molecule has 0 aliphatic carbocycles.